The van der Waals surface area contributed by atoms with Crippen molar-refractivity contribution in [3.8, 4) is 23.0 Å². The molecule has 3 atom stereocenters. The van der Waals surface area contributed by atoms with E-state index in [2.05, 4.69) is 4.98 Å². The Labute approximate surface area is 225 Å². The van der Waals surface area contributed by atoms with Crippen LogP contribution >= 0.6 is 0 Å². The molecule has 39 heavy (non-hydrogen) atoms. The average molecular weight is 525 g/mol. The molecule has 0 amide bonds. The fourth-order valence-corrected chi connectivity index (χ4v) is 6.39. The molecule has 1 aromatic heterocycles. The maximum absolute atomic E-state index is 13.9. The van der Waals surface area contributed by atoms with E-state index in [0.29, 0.717) is 51.2 Å². The van der Waals surface area contributed by atoms with Gasteiger partial charge in [0, 0.05) is 23.6 Å². The molecule has 2 N–H and O–H groups in total. The van der Waals surface area contributed by atoms with Gasteiger partial charge in [-0.2, -0.15) is 0 Å². The van der Waals surface area contributed by atoms with E-state index in [1.54, 1.807) is 26.4 Å². The van der Waals surface area contributed by atoms with E-state index in [1.165, 1.54) is 7.11 Å². The predicted octanol–water partition coefficient (Wildman–Crippen LogP) is 4.34. The Morgan fingerprint density at radius 2 is 1.67 bits per heavy atom. The number of nitrogens with one attached hydrogen (secondary N) is 1. The predicted molar refractivity (Wildman–Crippen MR) is 143 cm³/mol. The van der Waals surface area contributed by atoms with Gasteiger partial charge >= 0.3 is 0 Å². The van der Waals surface area contributed by atoms with E-state index >= 15 is 0 Å². The summed E-state index contributed by atoms with van der Waals surface area (Å²) in [6.45, 7) is 0. The van der Waals surface area contributed by atoms with Crippen LogP contribution < -0.4 is 24.5 Å². The first-order valence-corrected chi connectivity index (χ1v) is 13.0. The lowest BCUT2D eigenvalue weighted by molar-refractivity contribution is -0.0910. The van der Waals surface area contributed by atoms with Crippen LogP contribution in [0.1, 0.15) is 58.4 Å². The van der Waals surface area contributed by atoms with E-state index < -0.39 is 17.1 Å². The molecule has 0 bridgehead atoms. The van der Waals surface area contributed by atoms with Crippen molar-refractivity contribution in [3.05, 3.63) is 111 Å². The van der Waals surface area contributed by atoms with Crippen LogP contribution in [0.3, 0.4) is 0 Å². The van der Waals surface area contributed by atoms with Crippen LogP contribution in [0.15, 0.2) is 71.5 Å². The van der Waals surface area contributed by atoms with Crippen LogP contribution in [0.5, 0.6) is 23.0 Å². The van der Waals surface area contributed by atoms with Gasteiger partial charge in [-0.15, -0.1) is 0 Å². The molecule has 7 rings (SSSR count). The minimum absolute atomic E-state index is 0.164. The maximum atomic E-state index is 13.9. The minimum atomic E-state index is -1.86. The summed E-state index contributed by atoms with van der Waals surface area (Å²) in [5.41, 5.74) is -1.04. The Morgan fingerprint density at radius 1 is 0.949 bits per heavy atom. The second-order valence-corrected chi connectivity index (χ2v) is 10.3. The third-order valence-corrected chi connectivity index (χ3v) is 8.29. The van der Waals surface area contributed by atoms with Crippen molar-refractivity contribution < 1.29 is 24.1 Å². The highest BCUT2D eigenvalue weighted by Crippen LogP contribution is 2.69. The number of nitrogens with zero attached hydrogens (tertiary/aromatic N) is 1. The molecule has 198 valence electrons. The molecular formula is C31H28N2O6. The summed E-state index contributed by atoms with van der Waals surface area (Å²) >= 11 is 0. The van der Waals surface area contributed by atoms with E-state index in [9.17, 15) is 9.90 Å². The number of benzene rings is 3. The van der Waals surface area contributed by atoms with Crippen molar-refractivity contribution in [2.75, 3.05) is 21.3 Å². The Bertz CT molecular complexity index is 1650. The second-order valence-electron chi connectivity index (χ2n) is 10.3. The van der Waals surface area contributed by atoms with Gasteiger partial charge in [-0.05, 0) is 30.5 Å². The molecule has 1 fully saturated rings. The van der Waals surface area contributed by atoms with Gasteiger partial charge in [0.2, 0.25) is 0 Å². The van der Waals surface area contributed by atoms with Gasteiger partial charge in [0.25, 0.3) is 5.56 Å². The number of H-pyrrole nitrogens is 1. The summed E-state index contributed by atoms with van der Waals surface area (Å²) in [5.74, 6) is 2.03. The number of methoxy groups -OCH3 is 3. The third kappa shape index (κ3) is 3.09. The largest absolute Gasteiger partial charge is 0.497 e. The molecule has 1 aliphatic heterocycles. The summed E-state index contributed by atoms with van der Waals surface area (Å²) in [6.07, 6.45) is 1.89. The van der Waals surface area contributed by atoms with Crippen molar-refractivity contribution in [2.24, 2.45) is 0 Å². The number of hydrogen-bond acceptors (Lipinski definition) is 7. The molecule has 3 aliphatic rings. The number of rotatable bonds is 6. The Morgan fingerprint density at radius 3 is 2.31 bits per heavy atom. The van der Waals surface area contributed by atoms with Gasteiger partial charge in [0.05, 0.1) is 44.1 Å². The number of ether oxygens (including phenoxy) is 4. The van der Waals surface area contributed by atoms with Crippen molar-refractivity contribution in [3.63, 3.8) is 0 Å². The quantitative estimate of drug-likeness (QED) is 0.387. The molecule has 8 nitrogen and oxygen atoms in total. The average Bonchev–Trinajstić information content (AvgIpc) is 3.75. The summed E-state index contributed by atoms with van der Waals surface area (Å²) in [4.78, 5) is 21.9. The Hall–Kier alpha value is -4.30. The first-order valence-electron chi connectivity index (χ1n) is 13.0. The molecule has 8 heteroatoms. The highest BCUT2D eigenvalue weighted by atomic mass is 16.5. The smallest absolute Gasteiger partial charge is 0.255 e. The van der Waals surface area contributed by atoms with Crippen molar-refractivity contribution in [1.29, 1.82) is 0 Å². The number of aliphatic hydroxyl groups is 1. The van der Waals surface area contributed by atoms with Crippen LogP contribution in [0.25, 0.3) is 0 Å². The Kier molecular flexibility index (Phi) is 5.09. The van der Waals surface area contributed by atoms with Crippen molar-refractivity contribution in [1.82, 2.24) is 9.97 Å². The van der Waals surface area contributed by atoms with E-state index in [1.807, 2.05) is 54.6 Å². The number of fused-ring (bicyclic) bond motifs is 5. The van der Waals surface area contributed by atoms with Gasteiger partial charge in [0.1, 0.15) is 28.8 Å². The summed E-state index contributed by atoms with van der Waals surface area (Å²) < 4.78 is 23.7. The lowest BCUT2D eigenvalue weighted by Gasteiger charge is -2.40. The van der Waals surface area contributed by atoms with Crippen molar-refractivity contribution in [2.45, 2.75) is 35.9 Å². The number of hydrogen-bond donors (Lipinski definition) is 2. The number of aromatic nitrogens is 2. The number of aromatic amines is 1. The molecule has 0 radical (unpaired) electrons. The minimum Gasteiger partial charge on any atom is -0.497 e. The summed E-state index contributed by atoms with van der Waals surface area (Å²) in [5, 5.41) is 13.2. The highest BCUT2D eigenvalue weighted by molar-refractivity contribution is 5.68. The molecule has 4 aromatic rings. The normalized spacial score (nSPS) is 24.4. The molecule has 2 aliphatic carbocycles. The zero-order chi connectivity index (χ0) is 26.9. The van der Waals surface area contributed by atoms with Crippen LogP contribution in [-0.4, -0.2) is 36.4 Å². The van der Waals surface area contributed by atoms with Crippen LogP contribution in [0.4, 0.5) is 0 Å². The SMILES string of the molecule is COc1ccc([C@@]23Oc4cc(OC)cc(OC)c4[C@]2(O)c2nc(C4CC4)[nH]c(=O)c2[C@H]3c2ccccc2)cc1. The molecule has 3 aromatic carbocycles. The summed E-state index contributed by atoms with van der Waals surface area (Å²) in [6, 6.07) is 20.5. The first-order chi connectivity index (χ1) is 19.0. The summed E-state index contributed by atoms with van der Waals surface area (Å²) in [7, 11) is 4.71. The van der Waals surface area contributed by atoms with Crippen LogP contribution in [0.2, 0.25) is 0 Å². The second kappa shape index (κ2) is 8.35. The van der Waals surface area contributed by atoms with Gasteiger partial charge in [-0.25, -0.2) is 4.98 Å². The lowest BCUT2D eigenvalue weighted by atomic mass is 9.70. The molecule has 0 unspecified atom stereocenters. The molecule has 1 saturated carbocycles. The third-order valence-electron chi connectivity index (χ3n) is 8.29. The monoisotopic (exact) mass is 524 g/mol. The fourth-order valence-electron chi connectivity index (χ4n) is 6.39. The van der Waals surface area contributed by atoms with Crippen molar-refractivity contribution >= 4 is 0 Å². The van der Waals surface area contributed by atoms with Gasteiger partial charge in [0.15, 0.2) is 11.2 Å². The van der Waals surface area contributed by atoms with Crippen LogP contribution in [-0.2, 0) is 11.2 Å². The van der Waals surface area contributed by atoms with E-state index in [4.69, 9.17) is 23.9 Å². The molecule has 0 spiro atoms. The lowest BCUT2D eigenvalue weighted by Crippen LogP contribution is -2.49. The Balaban J connectivity index is 1.63. The van der Waals surface area contributed by atoms with Crippen LogP contribution in [0, 0.1) is 0 Å². The molecular weight excluding hydrogens is 496 g/mol. The highest BCUT2D eigenvalue weighted by Gasteiger charge is 2.74. The molecule has 0 saturated heterocycles. The van der Waals surface area contributed by atoms with E-state index in [0.717, 1.165) is 18.4 Å². The fraction of sp³-hybridized carbons (Fsp3) is 0.290. The zero-order valence-electron chi connectivity index (χ0n) is 21.9. The van der Waals surface area contributed by atoms with E-state index in [-0.39, 0.29) is 11.5 Å². The van der Waals surface area contributed by atoms with Gasteiger partial charge in [-0.1, -0.05) is 42.5 Å². The standard InChI is InChI=1S/C31H28N2O6/c1-36-20-13-11-19(12-14-20)31-25(17-7-5-4-6-8-17)24-27(32-28(18-9-10-18)33-29(24)34)30(31,35)26-22(38-3)15-21(37-2)16-23(26)39-31/h4-8,11-16,18,25,35H,9-10H2,1-3H3,(H,32,33,34)/t25-,30+,31+/m1/s1. The van der Waals surface area contributed by atoms with Gasteiger partial charge in [-0.3, -0.25) is 4.79 Å². The van der Waals surface area contributed by atoms with Gasteiger partial charge < -0.3 is 29.0 Å². The first kappa shape index (κ1) is 23.8. The maximum Gasteiger partial charge on any atom is 0.255 e. The zero-order valence-corrected chi connectivity index (χ0v) is 21.9. The molecule has 2 heterocycles. The topological polar surface area (TPSA) is 103 Å².